The first-order valence-corrected chi connectivity index (χ1v) is 8.22. The Balaban J connectivity index is 2.06. The SMILES string of the molecule is Cc1cc2ncn(CC(O)CN[C@H](C(N)=O)C(C)(C)C)c2cc1C. The number of aromatic nitrogens is 2. The molecule has 0 aliphatic rings. The molecular formula is C18H28N4O2. The highest BCUT2D eigenvalue weighted by Gasteiger charge is 2.29. The quantitative estimate of drug-likeness (QED) is 0.747. The van der Waals surface area contributed by atoms with Gasteiger partial charge in [0.1, 0.15) is 0 Å². The number of benzene rings is 1. The molecule has 1 aromatic carbocycles. The average Bonchev–Trinajstić information content (AvgIpc) is 2.80. The zero-order valence-electron chi connectivity index (χ0n) is 15.1. The van der Waals surface area contributed by atoms with Crippen LogP contribution < -0.4 is 11.1 Å². The van der Waals surface area contributed by atoms with Gasteiger partial charge in [-0.25, -0.2) is 4.98 Å². The number of aliphatic hydroxyl groups is 1. The minimum absolute atomic E-state index is 0.287. The first-order valence-electron chi connectivity index (χ1n) is 8.22. The smallest absolute Gasteiger partial charge is 0.235 e. The van der Waals surface area contributed by atoms with Crippen LogP contribution in [0.5, 0.6) is 0 Å². The van der Waals surface area contributed by atoms with Crippen LogP contribution in [0.4, 0.5) is 0 Å². The third kappa shape index (κ3) is 4.13. The predicted octanol–water partition coefficient (Wildman–Crippen LogP) is 1.50. The van der Waals surface area contributed by atoms with Crippen LogP contribution in [0.2, 0.25) is 0 Å². The summed E-state index contributed by atoms with van der Waals surface area (Å²) in [5.74, 6) is -0.408. The molecule has 132 valence electrons. The van der Waals surface area contributed by atoms with Crippen molar-refractivity contribution in [3.05, 3.63) is 29.6 Å². The number of rotatable bonds is 6. The highest BCUT2D eigenvalue weighted by Crippen LogP contribution is 2.20. The Bertz CT molecular complexity index is 730. The van der Waals surface area contributed by atoms with Gasteiger partial charge in [-0.3, -0.25) is 4.79 Å². The summed E-state index contributed by atoms with van der Waals surface area (Å²) in [6.45, 7) is 10.6. The van der Waals surface area contributed by atoms with E-state index in [9.17, 15) is 9.90 Å². The van der Waals surface area contributed by atoms with Gasteiger partial charge in [0.2, 0.25) is 5.91 Å². The molecule has 0 saturated carbocycles. The van der Waals surface area contributed by atoms with Gasteiger partial charge in [-0.2, -0.15) is 0 Å². The maximum atomic E-state index is 11.6. The molecule has 24 heavy (non-hydrogen) atoms. The minimum Gasteiger partial charge on any atom is -0.390 e. The topological polar surface area (TPSA) is 93.2 Å². The van der Waals surface area contributed by atoms with Crippen LogP contribution in [0.25, 0.3) is 11.0 Å². The van der Waals surface area contributed by atoms with Crippen molar-refractivity contribution in [1.29, 1.82) is 0 Å². The third-order valence-electron chi connectivity index (χ3n) is 4.35. The zero-order valence-corrected chi connectivity index (χ0v) is 15.1. The Morgan fingerprint density at radius 1 is 1.33 bits per heavy atom. The lowest BCUT2D eigenvalue weighted by atomic mass is 9.86. The molecule has 2 rings (SSSR count). The second-order valence-electron chi connectivity index (χ2n) is 7.59. The fraction of sp³-hybridized carbons (Fsp3) is 0.556. The number of carbonyl (C=O) groups excluding carboxylic acids is 1. The van der Waals surface area contributed by atoms with Gasteiger partial charge in [-0.1, -0.05) is 20.8 Å². The number of nitrogens with two attached hydrogens (primary N) is 1. The fourth-order valence-corrected chi connectivity index (χ4v) is 2.84. The number of nitrogens with one attached hydrogen (secondary N) is 1. The largest absolute Gasteiger partial charge is 0.390 e. The lowest BCUT2D eigenvalue weighted by Crippen LogP contribution is -2.52. The van der Waals surface area contributed by atoms with Crippen molar-refractivity contribution in [2.24, 2.45) is 11.1 Å². The van der Waals surface area contributed by atoms with Gasteiger partial charge >= 0.3 is 0 Å². The van der Waals surface area contributed by atoms with E-state index < -0.39 is 18.1 Å². The van der Waals surface area contributed by atoms with Gasteiger partial charge < -0.3 is 20.7 Å². The Hall–Kier alpha value is -1.92. The summed E-state index contributed by atoms with van der Waals surface area (Å²) in [7, 11) is 0. The molecule has 6 nitrogen and oxygen atoms in total. The number of nitrogens with zero attached hydrogens (tertiary/aromatic N) is 2. The lowest BCUT2D eigenvalue weighted by Gasteiger charge is -2.29. The minimum atomic E-state index is -0.645. The summed E-state index contributed by atoms with van der Waals surface area (Å²) in [5.41, 5.74) is 9.46. The zero-order chi connectivity index (χ0) is 18.1. The molecule has 0 aliphatic carbocycles. The summed E-state index contributed by atoms with van der Waals surface area (Å²) in [6.07, 6.45) is 1.09. The molecule has 2 aromatic rings. The molecule has 0 bridgehead atoms. The summed E-state index contributed by atoms with van der Waals surface area (Å²) >= 11 is 0. The van der Waals surface area contributed by atoms with E-state index in [2.05, 4.69) is 36.3 Å². The van der Waals surface area contributed by atoms with E-state index >= 15 is 0 Å². The molecule has 6 heteroatoms. The molecule has 1 unspecified atom stereocenters. The molecule has 0 radical (unpaired) electrons. The van der Waals surface area contributed by atoms with Crippen molar-refractivity contribution >= 4 is 16.9 Å². The molecular weight excluding hydrogens is 304 g/mol. The highest BCUT2D eigenvalue weighted by molar-refractivity contribution is 5.80. The average molecular weight is 332 g/mol. The second kappa shape index (κ2) is 6.91. The van der Waals surface area contributed by atoms with Crippen LogP contribution >= 0.6 is 0 Å². The van der Waals surface area contributed by atoms with Crippen LogP contribution in [0, 0.1) is 19.3 Å². The van der Waals surface area contributed by atoms with Gasteiger partial charge in [0.15, 0.2) is 0 Å². The van der Waals surface area contributed by atoms with Crippen molar-refractivity contribution in [2.45, 2.75) is 53.3 Å². The second-order valence-corrected chi connectivity index (χ2v) is 7.59. The van der Waals surface area contributed by atoms with Crippen molar-refractivity contribution < 1.29 is 9.90 Å². The van der Waals surface area contributed by atoms with E-state index in [0.717, 1.165) is 11.0 Å². The Morgan fingerprint density at radius 2 is 1.96 bits per heavy atom. The van der Waals surface area contributed by atoms with E-state index in [-0.39, 0.29) is 12.0 Å². The molecule has 0 aliphatic heterocycles. The number of hydrogen-bond donors (Lipinski definition) is 3. The maximum Gasteiger partial charge on any atom is 0.235 e. The van der Waals surface area contributed by atoms with Gasteiger partial charge in [0.05, 0.1) is 36.1 Å². The number of primary amides is 1. The van der Waals surface area contributed by atoms with E-state index in [1.165, 1.54) is 11.1 Å². The van der Waals surface area contributed by atoms with Crippen LogP contribution in [-0.4, -0.2) is 39.3 Å². The lowest BCUT2D eigenvalue weighted by molar-refractivity contribution is -0.122. The van der Waals surface area contributed by atoms with E-state index in [1.807, 2.05) is 25.3 Å². The van der Waals surface area contributed by atoms with Gasteiger partial charge in [0, 0.05) is 6.54 Å². The van der Waals surface area contributed by atoms with Gasteiger partial charge in [-0.05, 0) is 42.5 Å². The van der Waals surface area contributed by atoms with Crippen LogP contribution in [0.1, 0.15) is 31.9 Å². The number of amides is 1. The van der Waals surface area contributed by atoms with Gasteiger partial charge in [-0.15, -0.1) is 0 Å². The standard InChI is InChI=1S/C18H28N4O2/c1-11-6-14-15(7-12(11)2)22(10-21-14)9-13(23)8-20-16(17(19)24)18(3,4)5/h6-7,10,13,16,20,23H,8-9H2,1-5H3,(H2,19,24)/t13?,16-/m1/s1. The summed E-state index contributed by atoms with van der Waals surface area (Å²) in [6, 6.07) is 3.64. The van der Waals surface area contributed by atoms with Crippen LogP contribution in [0.15, 0.2) is 18.5 Å². The first-order chi connectivity index (χ1) is 11.1. The predicted molar refractivity (Wildman–Crippen MR) is 95.7 cm³/mol. The molecule has 0 fully saturated rings. The number of imidazole rings is 1. The summed E-state index contributed by atoms with van der Waals surface area (Å²) in [5, 5.41) is 13.4. The monoisotopic (exact) mass is 332 g/mol. The van der Waals surface area contributed by atoms with E-state index in [4.69, 9.17) is 5.73 Å². The number of aliphatic hydroxyl groups excluding tert-OH is 1. The van der Waals surface area contributed by atoms with Crippen molar-refractivity contribution in [2.75, 3.05) is 6.54 Å². The maximum absolute atomic E-state index is 11.6. The molecule has 0 spiro atoms. The first kappa shape index (κ1) is 18.4. The molecule has 4 N–H and O–H groups in total. The summed E-state index contributed by atoms with van der Waals surface area (Å²) < 4.78 is 1.94. The third-order valence-corrected chi connectivity index (χ3v) is 4.35. The Labute approximate surface area is 143 Å². The van der Waals surface area contributed by atoms with E-state index in [1.54, 1.807) is 6.33 Å². The van der Waals surface area contributed by atoms with Crippen LogP contribution in [-0.2, 0) is 11.3 Å². The van der Waals surface area contributed by atoms with Crippen molar-refractivity contribution in [3.63, 3.8) is 0 Å². The summed E-state index contributed by atoms with van der Waals surface area (Å²) in [4.78, 5) is 16.0. The number of aryl methyl sites for hydroxylation is 2. The van der Waals surface area contributed by atoms with E-state index in [0.29, 0.717) is 6.54 Å². The molecule has 1 aromatic heterocycles. The molecule has 1 heterocycles. The van der Waals surface area contributed by atoms with Crippen molar-refractivity contribution in [1.82, 2.24) is 14.9 Å². The Kier molecular flexibility index (Phi) is 5.30. The fourth-order valence-electron chi connectivity index (χ4n) is 2.84. The molecule has 0 saturated heterocycles. The molecule has 2 atom stereocenters. The Morgan fingerprint density at radius 3 is 2.54 bits per heavy atom. The van der Waals surface area contributed by atoms with Gasteiger partial charge in [0.25, 0.3) is 0 Å². The highest BCUT2D eigenvalue weighted by atomic mass is 16.3. The number of hydrogen-bond acceptors (Lipinski definition) is 4. The number of fused-ring (bicyclic) bond motifs is 1. The van der Waals surface area contributed by atoms with Crippen LogP contribution in [0.3, 0.4) is 0 Å². The van der Waals surface area contributed by atoms with Crippen molar-refractivity contribution in [3.8, 4) is 0 Å². The number of carbonyl (C=O) groups is 1. The normalized spacial score (nSPS) is 14.8. The molecule has 1 amide bonds.